The van der Waals surface area contributed by atoms with Crippen molar-refractivity contribution in [3.05, 3.63) is 58.1 Å². The first-order valence-corrected chi connectivity index (χ1v) is 8.78. The normalized spacial score (nSPS) is 12.1. The van der Waals surface area contributed by atoms with E-state index in [1.54, 1.807) is 11.3 Å². The molecule has 1 atom stereocenters. The zero-order valence-electron chi connectivity index (χ0n) is 13.7. The molecular formula is C18H19N3O2S. The number of thiophene rings is 1. The lowest BCUT2D eigenvalue weighted by atomic mass is 10.0. The Balaban J connectivity index is 1.53. The summed E-state index contributed by atoms with van der Waals surface area (Å²) in [4.78, 5) is 16.5. The van der Waals surface area contributed by atoms with E-state index in [9.17, 15) is 4.79 Å². The Morgan fingerprint density at radius 1 is 1.33 bits per heavy atom. The van der Waals surface area contributed by atoms with Crippen LogP contribution in [0.1, 0.15) is 36.4 Å². The van der Waals surface area contributed by atoms with E-state index in [2.05, 4.69) is 15.5 Å². The minimum absolute atomic E-state index is 0.0252. The van der Waals surface area contributed by atoms with Gasteiger partial charge in [0.25, 0.3) is 0 Å². The third-order valence-corrected chi connectivity index (χ3v) is 4.53. The number of amides is 1. The van der Waals surface area contributed by atoms with Crippen LogP contribution in [0.15, 0.2) is 45.6 Å². The molecule has 0 aliphatic heterocycles. The fourth-order valence-electron chi connectivity index (χ4n) is 2.55. The third-order valence-electron chi connectivity index (χ3n) is 3.85. The van der Waals surface area contributed by atoms with Gasteiger partial charge in [-0.3, -0.25) is 4.79 Å². The molecule has 0 fully saturated rings. The minimum Gasteiger partial charge on any atom is -0.350 e. The molecule has 5 nitrogen and oxygen atoms in total. The largest absolute Gasteiger partial charge is 0.350 e. The van der Waals surface area contributed by atoms with Crippen molar-refractivity contribution in [2.45, 2.75) is 32.7 Å². The monoisotopic (exact) mass is 341 g/mol. The van der Waals surface area contributed by atoms with Crippen LogP contribution >= 0.6 is 11.3 Å². The Hall–Kier alpha value is -2.47. The molecule has 1 N–H and O–H groups in total. The van der Waals surface area contributed by atoms with E-state index >= 15 is 0 Å². The van der Waals surface area contributed by atoms with Crippen molar-refractivity contribution in [3.8, 4) is 11.4 Å². The summed E-state index contributed by atoms with van der Waals surface area (Å²) in [7, 11) is 0. The van der Waals surface area contributed by atoms with Gasteiger partial charge in [0.05, 0.1) is 6.04 Å². The Morgan fingerprint density at radius 3 is 2.92 bits per heavy atom. The maximum atomic E-state index is 12.1. The molecule has 124 valence electrons. The van der Waals surface area contributed by atoms with Gasteiger partial charge >= 0.3 is 0 Å². The van der Waals surface area contributed by atoms with E-state index in [4.69, 9.17) is 4.52 Å². The zero-order chi connectivity index (χ0) is 16.9. The van der Waals surface area contributed by atoms with Crippen molar-refractivity contribution < 1.29 is 9.32 Å². The summed E-state index contributed by atoms with van der Waals surface area (Å²) in [6.07, 6.45) is 0.755. The van der Waals surface area contributed by atoms with E-state index in [1.165, 1.54) is 5.56 Å². The molecule has 2 heterocycles. The predicted molar refractivity (Wildman–Crippen MR) is 93.7 cm³/mol. The Kier molecular flexibility index (Phi) is 5.05. The molecule has 2 aromatic heterocycles. The SMILES string of the molecule is Cc1ccccc1[C@@H](C)NC(=O)CCc1nc(-c2ccsc2)no1. The van der Waals surface area contributed by atoms with Crippen LogP contribution < -0.4 is 5.32 Å². The third kappa shape index (κ3) is 3.89. The van der Waals surface area contributed by atoms with E-state index in [1.807, 2.05) is 54.9 Å². The van der Waals surface area contributed by atoms with Crippen molar-refractivity contribution in [3.63, 3.8) is 0 Å². The topological polar surface area (TPSA) is 68.0 Å². The van der Waals surface area contributed by atoms with Crippen molar-refractivity contribution in [2.24, 2.45) is 0 Å². The number of benzene rings is 1. The summed E-state index contributed by atoms with van der Waals surface area (Å²) in [5.74, 6) is 1.02. The summed E-state index contributed by atoms with van der Waals surface area (Å²) >= 11 is 1.58. The highest BCUT2D eigenvalue weighted by Crippen LogP contribution is 2.19. The van der Waals surface area contributed by atoms with Gasteiger partial charge in [0.1, 0.15) is 0 Å². The predicted octanol–water partition coefficient (Wildman–Crippen LogP) is 3.92. The average Bonchev–Trinajstić information content (AvgIpc) is 3.24. The van der Waals surface area contributed by atoms with Crippen LogP contribution in [0.3, 0.4) is 0 Å². The number of aromatic nitrogens is 2. The van der Waals surface area contributed by atoms with Crippen LogP contribution in [-0.2, 0) is 11.2 Å². The molecular weight excluding hydrogens is 322 g/mol. The molecule has 0 aliphatic carbocycles. The molecule has 0 aliphatic rings. The molecule has 0 saturated carbocycles. The standard InChI is InChI=1S/C18H19N3O2S/c1-12-5-3-4-6-15(12)13(2)19-16(22)7-8-17-20-18(21-23-17)14-9-10-24-11-14/h3-6,9-11,13H,7-8H2,1-2H3,(H,19,22)/t13-/m1/s1. The van der Waals surface area contributed by atoms with Crippen LogP contribution in [0.25, 0.3) is 11.4 Å². The fraction of sp³-hybridized carbons (Fsp3) is 0.278. The van der Waals surface area contributed by atoms with Gasteiger partial charge in [-0.2, -0.15) is 16.3 Å². The Morgan fingerprint density at radius 2 is 2.17 bits per heavy atom. The molecule has 0 saturated heterocycles. The van der Waals surface area contributed by atoms with Gasteiger partial charge in [-0.25, -0.2) is 0 Å². The number of nitrogens with zero attached hydrogens (tertiary/aromatic N) is 2. The molecule has 1 amide bonds. The van der Waals surface area contributed by atoms with E-state index < -0.39 is 0 Å². The van der Waals surface area contributed by atoms with Gasteiger partial charge in [0.15, 0.2) is 0 Å². The van der Waals surface area contributed by atoms with Crippen LogP contribution in [0, 0.1) is 6.92 Å². The van der Waals surface area contributed by atoms with Crippen LogP contribution in [0.4, 0.5) is 0 Å². The summed E-state index contributed by atoms with van der Waals surface area (Å²) in [5, 5.41) is 10.9. The highest BCUT2D eigenvalue weighted by atomic mass is 32.1. The Labute approximate surface area is 144 Å². The van der Waals surface area contributed by atoms with Crippen molar-refractivity contribution in [1.29, 1.82) is 0 Å². The lowest BCUT2D eigenvalue weighted by Crippen LogP contribution is -2.27. The van der Waals surface area contributed by atoms with Gasteiger partial charge in [0, 0.05) is 23.8 Å². The smallest absolute Gasteiger partial charge is 0.227 e. The van der Waals surface area contributed by atoms with Gasteiger partial charge in [-0.15, -0.1) is 0 Å². The van der Waals surface area contributed by atoms with E-state index in [0.717, 1.165) is 11.1 Å². The molecule has 24 heavy (non-hydrogen) atoms. The number of nitrogens with one attached hydrogen (secondary N) is 1. The summed E-state index contributed by atoms with van der Waals surface area (Å²) in [6, 6.07) is 9.97. The molecule has 0 unspecified atom stereocenters. The number of carbonyl (C=O) groups excluding carboxylic acids is 1. The maximum absolute atomic E-state index is 12.1. The summed E-state index contributed by atoms with van der Waals surface area (Å²) < 4.78 is 5.21. The van der Waals surface area contributed by atoms with Gasteiger partial charge in [0.2, 0.25) is 17.6 Å². The zero-order valence-corrected chi connectivity index (χ0v) is 14.5. The molecule has 3 aromatic rings. The molecule has 0 bridgehead atoms. The second-order valence-corrected chi connectivity index (χ2v) is 6.45. The molecule has 6 heteroatoms. The molecule has 0 radical (unpaired) electrons. The average molecular weight is 341 g/mol. The first-order chi connectivity index (χ1) is 11.6. The minimum atomic E-state index is -0.0268. The van der Waals surface area contributed by atoms with Crippen molar-refractivity contribution >= 4 is 17.2 Å². The van der Waals surface area contributed by atoms with Gasteiger partial charge < -0.3 is 9.84 Å². The lowest BCUT2D eigenvalue weighted by molar-refractivity contribution is -0.121. The van der Waals surface area contributed by atoms with Crippen molar-refractivity contribution in [2.75, 3.05) is 0 Å². The van der Waals surface area contributed by atoms with Gasteiger partial charge in [-0.1, -0.05) is 29.4 Å². The summed E-state index contributed by atoms with van der Waals surface area (Å²) in [5.41, 5.74) is 3.23. The summed E-state index contributed by atoms with van der Waals surface area (Å²) in [6.45, 7) is 4.03. The second kappa shape index (κ2) is 7.40. The van der Waals surface area contributed by atoms with Crippen LogP contribution in [0.5, 0.6) is 0 Å². The number of aryl methyl sites for hydroxylation is 2. The lowest BCUT2D eigenvalue weighted by Gasteiger charge is -2.16. The molecule has 0 spiro atoms. The van der Waals surface area contributed by atoms with Crippen molar-refractivity contribution in [1.82, 2.24) is 15.5 Å². The highest BCUT2D eigenvalue weighted by Gasteiger charge is 2.14. The van der Waals surface area contributed by atoms with Gasteiger partial charge in [-0.05, 0) is 36.4 Å². The first kappa shape index (κ1) is 16.4. The first-order valence-electron chi connectivity index (χ1n) is 7.83. The molecule has 3 rings (SSSR count). The number of hydrogen-bond donors (Lipinski definition) is 1. The molecule has 1 aromatic carbocycles. The van der Waals surface area contributed by atoms with E-state index in [0.29, 0.717) is 24.6 Å². The fourth-order valence-corrected chi connectivity index (χ4v) is 3.18. The quantitative estimate of drug-likeness (QED) is 0.738. The highest BCUT2D eigenvalue weighted by molar-refractivity contribution is 7.08. The second-order valence-electron chi connectivity index (χ2n) is 5.67. The van der Waals surface area contributed by atoms with Crippen LogP contribution in [0.2, 0.25) is 0 Å². The number of hydrogen-bond acceptors (Lipinski definition) is 5. The number of rotatable bonds is 6. The van der Waals surface area contributed by atoms with Crippen LogP contribution in [-0.4, -0.2) is 16.0 Å². The Bertz CT molecular complexity index is 811. The maximum Gasteiger partial charge on any atom is 0.227 e. The van der Waals surface area contributed by atoms with E-state index in [-0.39, 0.29) is 11.9 Å². The number of carbonyl (C=O) groups is 1.